The van der Waals surface area contributed by atoms with Crippen LogP contribution < -0.4 is 14.5 Å². The maximum absolute atomic E-state index is 5.48. The topological polar surface area (TPSA) is 58.8 Å². The summed E-state index contributed by atoms with van der Waals surface area (Å²) in [6, 6.07) is 12.1. The molecule has 7 heteroatoms. The molecule has 0 unspecified atom stereocenters. The van der Waals surface area contributed by atoms with Crippen LogP contribution in [0.5, 0.6) is 5.75 Å². The zero-order valence-electron chi connectivity index (χ0n) is 13.9. The minimum Gasteiger partial charge on any atom is -0.495 e. The molecule has 1 aliphatic rings. The number of rotatable bonds is 3. The summed E-state index contributed by atoms with van der Waals surface area (Å²) in [5.41, 5.74) is 1.93. The van der Waals surface area contributed by atoms with Gasteiger partial charge < -0.3 is 14.5 Å². The second-order valence-electron chi connectivity index (χ2n) is 5.85. The Morgan fingerprint density at radius 1 is 0.917 bits per heavy atom. The van der Waals surface area contributed by atoms with Gasteiger partial charge in [0.1, 0.15) is 11.6 Å². The fourth-order valence-electron chi connectivity index (χ4n) is 3.12. The van der Waals surface area contributed by atoms with Gasteiger partial charge in [0.25, 0.3) is 0 Å². The lowest BCUT2D eigenvalue weighted by molar-refractivity contribution is 0.413. The van der Waals surface area contributed by atoms with E-state index in [0.29, 0.717) is 0 Å². The first kappa shape index (κ1) is 14.7. The van der Waals surface area contributed by atoms with Crippen LogP contribution in [0.3, 0.4) is 0 Å². The van der Waals surface area contributed by atoms with E-state index in [9.17, 15) is 0 Å². The number of fused-ring (bicyclic) bond motifs is 1. The van der Waals surface area contributed by atoms with Crippen molar-refractivity contribution in [2.75, 3.05) is 43.1 Å². The summed E-state index contributed by atoms with van der Waals surface area (Å²) in [5.74, 6) is 2.69. The number of benzene rings is 1. The molecule has 1 aliphatic heterocycles. The van der Waals surface area contributed by atoms with Crippen LogP contribution in [0.4, 0.5) is 11.5 Å². The molecule has 3 aromatic rings. The van der Waals surface area contributed by atoms with Crippen LogP contribution in [0.25, 0.3) is 5.65 Å². The first-order valence-corrected chi connectivity index (χ1v) is 8.08. The van der Waals surface area contributed by atoms with Crippen LogP contribution in [-0.2, 0) is 0 Å². The predicted octanol–water partition coefficient (Wildman–Crippen LogP) is 1.77. The number of ether oxygens (including phenoxy) is 1. The second kappa shape index (κ2) is 5.99. The summed E-state index contributed by atoms with van der Waals surface area (Å²) < 4.78 is 7.27. The molecular formula is C17H20N6O. The van der Waals surface area contributed by atoms with E-state index < -0.39 is 0 Å². The zero-order chi connectivity index (χ0) is 16.5. The van der Waals surface area contributed by atoms with Gasteiger partial charge in [0.2, 0.25) is 0 Å². The highest BCUT2D eigenvalue weighted by atomic mass is 16.5. The molecule has 1 saturated heterocycles. The third-order valence-corrected chi connectivity index (χ3v) is 4.43. The van der Waals surface area contributed by atoms with Crippen LogP contribution in [0.1, 0.15) is 5.82 Å². The third kappa shape index (κ3) is 2.51. The van der Waals surface area contributed by atoms with Crippen molar-refractivity contribution in [1.82, 2.24) is 19.8 Å². The van der Waals surface area contributed by atoms with Gasteiger partial charge >= 0.3 is 0 Å². The Morgan fingerprint density at radius 3 is 2.46 bits per heavy atom. The fourth-order valence-corrected chi connectivity index (χ4v) is 3.12. The Labute approximate surface area is 140 Å². The Bertz CT molecular complexity index is 853. The molecule has 1 aromatic carbocycles. The number of methoxy groups -OCH3 is 1. The van der Waals surface area contributed by atoms with Gasteiger partial charge in [-0.15, -0.1) is 15.3 Å². The van der Waals surface area contributed by atoms with Crippen molar-refractivity contribution < 1.29 is 4.74 Å². The van der Waals surface area contributed by atoms with Gasteiger partial charge in [-0.05, 0) is 31.2 Å². The summed E-state index contributed by atoms with van der Waals surface area (Å²) in [4.78, 5) is 4.66. The molecule has 124 valence electrons. The Morgan fingerprint density at radius 2 is 1.67 bits per heavy atom. The fraction of sp³-hybridized carbons (Fsp3) is 0.353. The number of hydrogen-bond donors (Lipinski definition) is 0. The SMILES string of the molecule is COc1ccccc1N1CCN(c2ccc3nnc(C)n3n2)CC1. The number of anilines is 2. The van der Waals surface area contributed by atoms with Crippen molar-refractivity contribution >= 4 is 17.2 Å². The molecule has 2 aromatic heterocycles. The summed E-state index contributed by atoms with van der Waals surface area (Å²) in [6.07, 6.45) is 0. The number of para-hydroxylation sites is 2. The number of aromatic nitrogens is 4. The first-order chi connectivity index (χ1) is 11.8. The van der Waals surface area contributed by atoms with Crippen molar-refractivity contribution in [2.45, 2.75) is 6.92 Å². The minimum absolute atomic E-state index is 0.781. The normalized spacial score (nSPS) is 15.1. The van der Waals surface area contributed by atoms with Crippen LogP contribution in [-0.4, -0.2) is 53.1 Å². The van der Waals surface area contributed by atoms with E-state index in [0.717, 1.165) is 54.9 Å². The Kier molecular flexibility index (Phi) is 3.68. The highest BCUT2D eigenvalue weighted by Crippen LogP contribution is 2.28. The molecule has 0 atom stereocenters. The maximum Gasteiger partial charge on any atom is 0.178 e. The number of hydrogen-bond acceptors (Lipinski definition) is 6. The molecule has 4 rings (SSSR count). The predicted molar refractivity (Wildman–Crippen MR) is 92.9 cm³/mol. The standard InChI is InChI=1S/C17H20N6O/c1-13-18-19-16-7-8-17(20-23(13)16)22-11-9-21(10-12-22)14-5-3-4-6-15(14)24-2/h3-8H,9-12H2,1-2H3. The maximum atomic E-state index is 5.48. The van der Waals surface area contributed by atoms with E-state index in [1.165, 1.54) is 0 Å². The quantitative estimate of drug-likeness (QED) is 0.732. The van der Waals surface area contributed by atoms with Gasteiger partial charge in [-0.25, -0.2) is 0 Å². The summed E-state index contributed by atoms with van der Waals surface area (Å²) in [6.45, 7) is 5.61. The van der Waals surface area contributed by atoms with E-state index in [1.807, 2.05) is 31.2 Å². The molecular weight excluding hydrogens is 304 g/mol. The van der Waals surface area contributed by atoms with E-state index >= 15 is 0 Å². The Hall–Kier alpha value is -2.83. The molecule has 0 bridgehead atoms. The van der Waals surface area contributed by atoms with Crippen molar-refractivity contribution in [2.24, 2.45) is 0 Å². The van der Waals surface area contributed by atoms with Gasteiger partial charge in [0, 0.05) is 26.2 Å². The molecule has 0 aliphatic carbocycles. The minimum atomic E-state index is 0.781. The highest BCUT2D eigenvalue weighted by molar-refractivity contribution is 5.59. The molecule has 1 fully saturated rings. The van der Waals surface area contributed by atoms with Crippen molar-refractivity contribution in [3.63, 3.8) is 0 Å². The molecule has 3 heterocycles. The number of piperazine rings is 1. The highest BCUT2D eigenvalue weighted by Gasteiger charge is 2.21. The molecule has 0 spiro atoms. The van der Waals surface area contributed by atoms with Gasteiger partial charge in [-0.3, -0.25) is 0 Å². The van der Waals surface area contributed by atoms with E-state index in [4.69, 9.17) is 4.74 Å². The number of nitrogens with zero attached hydrogens (tertiary/aromatic N) is 6. The largest absolute Gasteiger partial charge is 0.495 e. The van der Waals surface area contributed by atoms with Gasteiger partial charge in [0.15, 0.2) is 11.5 Å². The molecule has 7 nitrogen and oxygen atoms in total. The third-order valence-electron chi connectivity index (χ3n) is 4.43. The van der Waals surface area contributed by atoms with Gasteiger partial charge in [0.05, 0.1) is 12.8 Å². The van der Waals surface area contributed by atoms with Crippen LogP contribution in [0, 0.1) is 6.92 Å². The lowest BCUT2D eigenvalue weighted by Crippen LogP contribution is -2.47. The Balaban J connectivity index is 1.51. The zero-order valence-corrected chi connectivity index (χ0v) is 13.9. The second-order valence-corrected chi connectivity index (χ2v) is 5.85. The van der Waals surface area contributed by atoms with Crippen molar-refractivity contribution in [3.05, 3.63) is 42.2 Å². The van der Waals surface area contributed by atoms with Crippen molar-refractivity contribution in [1.29, 1.82) is 0 Å². The lowest BCUT2D eigenvalue weighted by Gasteiger charge is -2.37. The average Bonchev–Trinajstić information content (AvgIpc) is 3.02. The number of aryl methyl sites for hydroxylation is 1. The van der Waals surface area contributed by atoms with Crippen LogP contribution in [0.2, 0.25) is 0 Å². The summed E-state index contributed by atoms with van der Waals surface area (Å²) in [7, 11) is 1.72. The average molecular weight is 324 g/mol. The van der Waals surface area contributed by atoms with Crippen LogP contribution >= 0.6 is 0 Å². The van der Waals surface area contributed by atoms with Crippen molar-refractivity contribution in [3.8, 4) is 5.75 Å². The van der Waals surface area contributed by atoms with E-state index in [1.54, 1.807) is 11.6 Å². The molecule has 0 saturated carbocycles. The first-order valence-electron chi connectivity index (χ1n) is 8.08. The smallest absolute Gasteiger partial charge is 0.178 e. The summed E-state index contributed by atoms with van der Waals surface area (Å²) >= 11 is 0. The van der Waals surface area contributed by atoms with Gasteiger partial charge in [-0.1, -0.05) is 12.1 Å². The molecule has 0 N–H and O–H groups in total. The van der Waals surface area contributed by atoms with E-state index in [-0.39, 0.29) is 0 Å². The molecule has 0 amide bonds. The monoisotopic (exact) mass is 324 g/mol. The van der Waals surface area contributed by atoms with Crippen LogP contribution in [0.15, 0.2) is 36.4 Å². The van der Waals surface area contributed by atoms with Gasteiger partial charge in [-0.2, -0.15) is 4.52 Å². The molecule has 24 heavy (non-hydrogen) atoms. The molecule has 0 radical (unpaired) electrons. The summed E-state index contributed by atoms with van der Waals surface area (Å²) in [5, 5.41) is 12.8. The van der Waals surface area contributed by atoms with E-state index in [2.05, 4.69) is 37.2 Å². The lowest BCUT2D eigenvalue weighted by atomic mass is 10.2.